The lowest BCUT2D eigenvalue weighted by Crippen LogP contribution is -1.55. The molecule has 0 saturated heterocycles. The minimum Gasteiger partial charge on any atom is -0.0874 e. The van der Waals surface area contributed by atoms with Gasteiger partial charge in [-0.25, -0.2) is 0 Å². The van der Waals surface area contributed by atoms with E-state index in [1.54, 1.807) is 0 Å². The second kappa shape index (κ2) is 9.98. The Hall–Kier alpha value is 0.870. The summed E-state index contributed by atoms with van der Waals surface area (Å²) >= 11 is 14.4. The Kier molecular flexibility index (Phi) is 15.4. The SMILES string of the molecule is C[CH]C.ClC(Cl)Cl. The van der Waals surface area contributed by atoms with E-state index in [0.29, 0.717) is 0 Å². The lowest BCUT2D eigenvalue weighted by Gasteiger charge is -1.69. The first-order chi connectivity index (χ1) is 3.15. The van der Waals surface area contributed by atoms with Gasteiger partial charge in [-0.3, -0.25) is 0 Å². The van der Waals surface area contributed by atoms with Gasteiger partial charge in [0.15, 0.2) is 4.30 Å². The summed E-state index contributed by atoms with van der Waals surface area (Å²) in [4.78, 5) is 0. The quantitative estimate of drug-likeness (QED) is 0.480. The van der Waals surface area contributed by atoms with E-state index in [4.69, 9.17) is 34.8 Å². The van der Waals surface area contributed by atoms with Gasteiger partial charge in [0.1, 0.15) is 0 Å². The second-order valence-corrected chi connectivity index (χ2v) is 2.80. The molecule has 45 valence electrons. The van der Waals surface area contributed by atoms with Crippen LogP contribution in [0.15, 0.2) is 0 Å². The standard InChI is InChI=1S/C3H7.CHCl3/c1-3-2;2-1(3)4/h3H,1-2H3;1H. The van der Waals surface area contributed by atoms with Crippen molar-refractivity contribution in [2.75, 3.05) is 0 Å². The normalized spacial score (nSPS) is 7.71. The zero-order valence-electron chi connectivity index (χ0n) is 4.29. The molecule has 0 atom stereocenters. The number of hydrogen-bond donors (Lipinski definition) is 0. The Labute approximate surface area is 59.7 Å². The molecular formula is C4H8Cl3. The van der Waals surface area contributed by atoms with Crippen molar-refractivity contribution >= 4 is 34.8 Å². The first-order valence-electron chi connectivity index (χ1n) is 1.81. The molecule has 0 spiro atoms. The van der Waals surface area contributed by atoms with Gasteiger partial charge in [-0.2, -0.15) is 0 Å². The Balaban J connectivity index is 0. The second-order valence-electron chi connectivity index (χ2n) is 0.825. The van der Waals surface area contributed by atoms with Crippen molar-refractivity contribution in [3.8, 4) is 0 Å². The molecule has 0 saturated carbocycles. The smallest absolute Gasteiger partial charge is 0.0874 e. The van der Waals surface area contributed by atoms with Crippen LogP contribution in [0.25, 0.3) is 0 Å². The van der Waals surface area contributed by atoms with Crippen molar-refractivity contribution in [1.29, 1.82) is 0 Å². The summed E-state index contributed by atoms with van der Waals surface area (Å²) in [7, 11) is 0. The summed E-state index contributed by atoms with van der Waals surface area (Å²) in [6.07, 6.45) is 2.00. The van der Waals surface area contributed by atoms with E-state index in [2.05, 4.69) is 0 Å². The van der Waals surface area contributed by atoms with Gasteiger partial charge in [-0.05, 0) is 6.42 Å². The fourth-order valence-electron chi connectivity index (χ4n) is 0. The third kappa shape index (κ3) is 215. The lowest BCUT2D eigenvalue weighted by molar-refractivity contribution is 1.41. The molecule has 0 N–H and O–H groups in total. The molecule has 0 heterocycles. The van der Waals surface area contributed by atoms with Gasteiger partial charge < -0.3 is 0 Å². The molecule has 0 aromatic heterocycles. The van der Waals surface area contributed by atoms with E-state index in [-0.39, 0.29) is 0 Å². The molecule has 7 heavy (non-hydrogen) atoms. The average molecular weight is 162 g/mol. The Morgan fingerprint density at radius 3 is 1.14 bits per heavy atom. The van der Waals surface area contributed by atoms with Crippen molar-refractivity contribution in [3.05, 3.63) is 6.42 Å². The lowest BCUT2D eigenvalue weighted by atomic mass is 10.6. The van der Waals surface area contributed by atoms with Gasteiger partial charge in [0.05, 0.1) is 0 Å². The third-order valence-electron chi connectivity index (χ3n) is 0. The van der Waals surface area contributed by atoms with E-state index in [1.165, 1.54) is 0 Å². The highest BCUT2D eigenvalue weighted by Crippen LogP contribution is 2.03. The number of hydrogen-bond acceptors (Lipinski definition) is 0. The van der Waals surface area contributed by atoms with Gasteiger partial charge in [0.25, 0.3) is 0 Å². The van der Waals surface area contributed by atoms with Gasteiger partial charge >= 0.3 is 0 Å². The zero-order valence-corrected chi connectivity index (χ0v) is 6.56. The summed E-state index contributed by atoms with van der Waals surface area (Å²) in [5.41, 5.74) is 0. The molecule has 0 aliphatic heterocycles. The summed E-state index contributed by atoms with van der Waals surface area (Å²) in [5, 5.41) is 0. The number of halogens is 3. The van der Waals surface area contributed by atoms with E-state index >= 15 is 0 Å². The topological polar surface area (TPSA) is 0 Å². The molecule has 3 heteroatoms. The predicted molar refractivity (Wildman–Crippen MR) is 37.0 cm³/mol. The fourth-order valence-corrected chi connectivity index (χ4v) is 0. The van der Waals surface area contributed by atoms with Crippen LogP contribution in [0.5, 0.6) is 0 Å². The molecule has 0 unspecified atom stereocenters. The Morgan fingerprint density at radius 2 is 1.14 bits per heavy atom. The maximum atomic E-state index is 4.81. The minimum atomic E-state index is -0.750. The molecular weight excluding hydrogens is 154 g/mol. The van der Waals surface area contributed by atoms with E-state index in [0.717, 1.165) is 0 Å². The molecule has 0 aliphatic carbocycles. The Morgan fingerprint density at radius 1 is 1.14 bits per heavy atom. The van der Waals surface area contributed by atoms with Crippen molar-refractivity contribution in [1.82, 2.24) is 0 Å². The zero-order chi connectivity index (χ0) is 6.28. The molecule has 0 rings (SSSR count). The van der Waals surface area contributed by atoms with Crippen molar-refractivity contribution in [2.45, 2.75) is 18.1 Å². The summed E-state index contributed by atoms with van der Waals surface area (Å²) in [5.74, 6) is 0. The highest BCUT2D eigenvalue weighted by atomic mass is 35.6. The van der Waals surface area contributed by atoms with Crippen LogP contribution in [-0.2, 0) is 0 Å². The van der Waals surface area contributed by atoms with E-state index in [9.17, 15) is 0 Å². The average Bonchev–Trinajstić information content (AvgIpc) is 1.33. The van der Waals surface area contributed by atoms with Gasteiger partial charge in [0, 0.05) is 0 Å². The van der Waals surface area contributed by atoms with Crippen LogP contribution >= 0.6 is 34.8 Å². The van der Waals surface area contributed by atoms with Gasteiger partial charge in [0.2, 0.25) is 0 Å². The maximum absolute atomic E-state index is 4.81. The van der Waals surface area contributed by atoms with Crippen LogP contribution in [0.3, 0.4) is 0 Å². The van der Waals surface area contributed by atoms with Crippen LogP contribution in [0.2, 0.25) is 0 Å². The van der Waals surface area contributed by atoms with Gasteiger partial charge in [-0.15, -0.1) is 0 Å². The molecule has 0 fully saturated rings. The van der Waals surface area contributed by atoms with Crippen molar-refractivity contribution in [2.24, 2.45) is 0 Å². The van der Waals surface area contributed by atoms with Crippen LogP contribution < -0.4 is 0 Å². The fraction of sp³-hybridized carbons (Fsp3) is 0.750. The Bertz CT molecular complexity index is 18.1. The summed E-state index contributed by atoms with van der Waals surface area (Å²) < 4.78 is -0.750. The number of rotatable bonds is 0. The highest BCUT2D eigenvalue weighted by molar-refractivity contribution is 6.63. The molecule has 0 aliphatic rings. The van der Waals surface area contributed by atoms with Crippen molar-refractivity contribution in [3.63, 3.8) is 0 Å². The largest absolute Gasteiger partial charge is 0.180 e. The molecule has 0 bridgehead atoms. The monoisotopic (exact) mass is 161 g/mol. The van der Waals surface area contributed by atoms with Crippen LogP contribution in [0.4, 0.5) is 0 Å². The third-order valence-corrected chi connectivity index (χ3v) is 0. The van der Waals surface area contributed by atoms with E-state index < -0.39 is 4.30 Å². The maximum Gasteiger partial charge on any atom is 0.180 e. The van der Waals surface area contributed by atoms with Crippen LogP contribution in [0, 0.1) is 6.42 Å². The first-order valence-corrected chi connectivity index (χ1v) is 3.12. The van der Waals surface area contributed by atoms with Gasteiger partial charge in [-0.1, -0.05) is 48.7 Å². The van der Waals surface area contributed by atoms with E-state index in [1.807, 2.05) is 20.3 Å². The van der Waals surface area contributed by atoms with Crippen molar-refractivity contribution < 1.29 is 0 Å². The number of alkyl halides is 3. The molecule has 0 aromatic rings. The summed E-state index contributed by atoms with van der Waals surface area (Å²) in [6.45, 7) is 4.00. The summed E-state index contributed by atoms with van der Waals surface area (Å²) in [6, 6.07) is 0. The molecule has 0 amide bonds. The van der Waals surface area contributed by atoms with Crippen LogP contribution in [0.1, 0.15) is 13.8 Å². The molecule has 0 nitrogen and oxygen atoms in total. The minimum absolute atomic E-state index is 0.750. The first kappa shape index (κ1) is 10.8. The highest BCUT2D eigenvalue weighted by Gasteiger charge is 1.78. The predicted octanol–water partition coefficient (Wildman–Crippen LogP) is 3.22. The van der Waals surface area contributed by atoms with Crippen LogP contribution in [-0.4, -0.2) is 4.30 Å². The molecule has 1 radical (unpaired) electrons. The molecule has 0 aromatic carbocycles.